The van der Waals surface area contributed by atoms with Crippen molar-refractivity contribution in [3.05, 3.63) is 12.1 Å². The summed E-state index contributed by atoms with van der Waals surface area (Å²) in [7, 11) is 1.50. The van der Waals surface area contributed by atoms with Gasteiger partial charge in [-0.25, -0.2) is 0 Å². The Labute approximate surface area is 100 Å². The molecule has 0 fully saturated rings. The fourth-order valence-electron chi connectivity index (χ4n) is 1.51. The number of hydrogen-bond donors (Lipinski definition) is 3. The summed E-state index contributed by atoms with van der Waals surface area (Å²) in [6.45, 7) is 3.73. The Morgan fingerprint density at radius 1 is 1.53 bits per heavy atom. The molecule has 0 aliphatic carbocycles. The highest BCUT2D eigenvalue weighted by atomic mass is 16.5. The number of carbonyl (C=O) groups excluding carboxylic acids is 1. The molecule has 6 nitrogen and oxygen atoms in total. The molecule has 17 heavy (non-hydrogen) atoms. The highest BCUT2D eigenvalue weighted by Gasteiger charge is 2.21. The van der Waals surface area contributed by atoms with Crippen LogP contribution in [0.25, 0.3) is 0 Å². The third-order valence-electron chi connectivity index (χ3n) is 2.17. The molecule has 0 aliphatic heterocycles. The van der Waals surface area contributed by atoms with E-state index in [1.165, 1.54) is 7.11 Å². The van der Waals surface area contributed by atoms with Crippen LogP contribution >= 0.6 is 0 Å². The van der Waals surface area contributed by atoms with Crippen molar-refractivity contribution in [2.24, 2.45) is 5.73 Å². The minimum atomic E-state index is -0.472. The quantitative estimate of drug-likeness (QED) is 0.702. The van der Waals surface area contributed by atoms with Crippen molar-refractivity contribution in [1.29, 1.82) is 0 Å². The fraction of sp³-hybridized carbons (Fsp3) is 0.455. The summed E-state index contributed by atoms with van der Waals surface area (Å²) >= 11 is 0. The zero-order valence-electron chi connectivity index (χ0n) is 10.3. The third kappa shape index (κ3) is 3.82. The fourth-order valence-corrected chi connectivity index (χ4v) is 1.51. The Balaban J connectivity index is 2.84. The number of rotatable bonds is 5. The van der Waals surface area contributed by atoms with Crippen LogP contribution in [0, 0.1) is 0 Å². The summed E-state index contributed by atoms with van der Waals surface area (Å²) in [5, 5.41) is 3.10. The lowest BCUT2D eigenvalue weighted by atomic mass is 10.0. The van der Waals surface area contributed by atoms with E-state index in [1.54, 1.807) is 12.1 Å². The van der Waals surface area contributed by atoms with E-state index < -0.39 is 5.54 Å². The van der Waals surface area contributed by atoms with Crippen LogP contribution in [0.5, 0.6) is 5.88 Å². The molecule has 0 radical (unpaired) electrons. The molecule has 1 heterocycles. The van der Waals surface area contributed by atoms with Gasteiger partial charge in [-0.15, -0.1) is 0 Å². The maximum Gasteiger partial charge on any atom is 0.238 e. The van der Waals surface area contributed by atoms with Crippen LogP contribution in [0.1, 0.15) is 20.3 Å². The highest BCUT2D eigenvalue weighted by molar-refractivity contribution is 5.75. The van der Waals surface area contributed by atoms with Crippen molar-refractivity contribution in [3.8, 4) is 5.88 Å². The van der Waals surface area contributed by atoms with E-state index in [1.807, 2.05) is 13.8 Å². The highest BCUT2D eigenvalue weighted by Crippen LogP contribution is 2.23. The molecule has 0 aliphatic rings. The summed E-state index contributed by atoms with van der Waals surface area (Å²) < 4.78 is 5.01. The molecule has 5 N–H and O–H groups in total. The number of nitrogen functional groups attached to an aromatic ring is 1. The van der Waals surface area contributed by atoms with Crippen LogP contribution in [-0.4, -0.2) is 23.5 Å². The number of anilines is 2. The van der Waals surface area contributed by atoms with E-state index in [4.69, 9.17) is 16.2 Å². The minimum absolute atomic E-state index is 0.210. The summed E-state index contributed by atoms with van der Waals surface area (Å²) in [6, 6.07) is 3.41. The molecule has 6 heteroatoms. The summed E-state index contributed by atoms with van der Waals surface area (Å²) in [4.78, 5) is 15.1. The van der Waals surface area contributed by atoms with Crippen LogP contribution in [0.15, 0.2) is 12.1 Å². The van der Waals surface area contributed by atoms with Crippen LogP contribution in [0.2, 0.25) is 0 Å². The molecular weight excluding hydrogens is 220 g/mol. The topological polar surface area (TPSA) is 103 Å². The van der Waals surface area contributed by atoms with E-state index in [9.17, 15) is 4.79 Å². The predicted molar refractivity (Wildman–Crippen MR) is 66.7 cm³/mol. The zero-order valence-corrected chi connectivity index (χ0v) is 10.3. The molecule has 94 valence electrons. The number of nitrogens with two attached hydrogens (primary N) is 2. The number of aromatic nitrogens is 1. The maximum absolute atomic E-state index is 10.9. The van der Waals surface area contributed by atoms with Crippen molar-refractivity contribution >= 4 is 17.4 Å². The molecule has 1 amide bonds. The first kappa shape index (κ1) is 13.1. The van der Waals surface area contributed by atoms with E-state index in [0.29, 0.717) is 17.4 Å². The van der Waals surface area contributed by atoms with Gasteiger partial charge in [-0.1, -0.05) is 0 Å². The number of pyridine rings is 1. The Kier molecular flexibility index (Phi) is 3.77. The Hall–Kier alpha value is -1.98. The second kappa shape index (κ2) is 4.90. The largest absolute Gasteiger partial charge is 0.479 e. The second-order valence-electron chi connectivity index (χ2n) is 4.45. The Morgan fingerprint density at radius 2 is 2.18 bits per heavy atom. The van der Waals surface area contributed by atoms with Gasteiger partial charge in [0, 0.05) is 12.0 Å². The number of nitrogens with one attached hydrogen (secondary N) is 1. The van der Waals surface area contributed by atoms with E-state index >= 15 is 0 Å². The monoisotopic (exact) mass is 238 g/mol. The van der Waals surface area contributed by atoms with Crippen LogP contribution < -0.4 is 21.5 Å². The first-order valence-electron chi connectivity index (χ1n) is 5.21. The molecule has 1 rings (SSSR count). The molecule has 0 spiro atoms. The first-order valence-corrected chi connectivity index (χ1v) is 5.21. The second-order valence-corrected chi connectivity index (χ2v) is 4.45. The number of hydrogen-bond acceptors (Lipinski definition) is 5. The minimum Gasteiger partial charge on any atom is -0.479 e. The van der Waals surface area contributed by atoms with Crippen LogP contribution in [-0.2, 0) is 4.79 Å². The van der Waals surface area contributed by atoms with Crippen molar-refractivity contribution < 1.29 is 9.53 Å². The van der Waals surface area contributed by atoms with Gasteiger partial charge < -0.3 is 21.5 Å². The molecule has 1 aromatic heterocycles. The number of amides is 1. The summed E-state index contributed by atoms with van der Waals surface area (Å²) in [6.07, 6.45) is 0.210. The van der Waals surface area contributed by atoms with Crippen molar-refractivity contribution in [1.82, 2.24) is 4.98 Å². The number of carbonyl (C=O) groups is 1. The van der Waals surface area contributed by atoms with Gasteiger partial charge in [-0.05, 0) is 26.0 Å². The van der Waals surface area contributed by atoms with Gasteiger partial charge in [-0.3, -0.25) is 4.79 Å². The number of methoxy groups -OCH3 is 1. The predicted octanol–water partition coefficient (Wildman–Crippen LogP) is 0.738. The van der Waals surface area contributed by atoms with E-state index in [0.717, 1.165) is 0 Å². The van der Waals surface area contributed by atoms with Gasteiger partial charge in [0.2, 0.25) is 11.8 Å². The number of primary amides is 1. The van der Waals surface area contributed by atoms with E-state index in [2.05, 4.69) is 10.3 Å². The van der Waals surface area contributed by atoms with Crippen molar-refractivity contribution in [2.75, 3.05) is 18.2 Å². The number of ether oxygens (including phenoxy) is 1. The molecule has 0 bridgehead atoms. The third-order valence-corrected chi connectivity index (χ3v) is 2.17. The molecular formula is C11H18N4O2. The van der Waals surface area contributed by atoms with Crippen molar-refractivity contribution in [3.63, 3.8) is 0 Å². The zero-order chi connectivity index (χ0) is 13.1. The van der Waals surface area contributed by atoms with Crippen LogP contribution in [0.4, 0.5) is 11.5 Å². The lowest BCUT2D eigenvalue weighted by molar-refractivity contribution is -0.118. The van der Waals surface area contributed by atoms with Gasteiger partial charge in [0.1, 0.15) is 5.82 Å². The first-order chi connectivity index (χ1) is 7.84. The molecule has 0 saturated carbocycles. The van der Waals surface area contributed by atoms with Crippen LogP contribution in [0.3, 0.4) is 0 Å². The molecule has 0 aromatic carbocycles. The van der Waals surface area contributed by atoms with Crippen molar-refractivity contribution in [2.45, 2.75) is 25.8 Å². The van der Waals surface area contributed by atoms with E-state index in [-0.39, 0.29) is 12.3 Å². The molecule has 1 aromatic rings. The Morgan fingerprint density at radius 3 is 2.71 bits per heavy atom. The average Bonchev–Trinajstić information content (AvgIpc) is 2.18. The SMILES string of the molecule is COc1nc(NC(C)(C)CC(N)=O)ccc1N. The maximum atomic E-state index is 10.9. The molecule has 0 unspecified atom stereocenters. The van der Waals surface area contributed by atoms with Gasteiger partial charge in [0.15, 0.2) is 0 Å². The average molecular weight is 238 g/mol. The van der Waals surface area contributed by atoms with Gasteiger partial charge >= 0.3 is 0 Å². The molecule has 0 atom stereocenters. The molecule has 0 saturated heterocycles. The summed E-state index contributed by atoms with van der Waals surface area (Å²) in [5.74, 6) is 0.567. The smallest absolute Gasteiger partial charge is 0.238 e. The van der Waals surface area contributed by atoms with Gasteiger partial charge in [0.05, 0.1) is 12.8 Å². The number of nitrogens with zero attached hydrogens (tertiary/aromatic N) is 1. The van der Waals surface area contributed by atoms with Gasteiger partial charge in [-0.2, -0.15) is 4.98 Å². The summed E-state index contributed by atoms with van der Waals surface area (Å²) in [5.41, 5.74) is 10.8. The Bertz CT molecular complexity index is 418. The lowest BCUT2D eigenvalue weighted by Crippen LogP contribution is -2.36. The standard InChI is InChI=1S/C11H18N4O2/c1-11(2,6-8(13)16)15-9-5-4-7(12)10(14-9)17-3/h4-5H,6,12H2,1-3H3,(H2,13,16)(H,14,15). The lowest BCUT2D eigenvalue weighted by Gasteiger charge is -2.25. The normalized spacial score (nSPS) is 11.0. The van der Waals surface area contributed by atoms with Gasteiger partial charge in [0.25, 0.3) is 0 Å².